The summed E-state index contributed by atoms with van der Waals surface area (Å²) in [6, 6.07) is 7.38. The number of benzene rings is 1. The molecule has 0 saturated heterocycles. The van der Waals surface area contributed by atoms with Gasteiger partial charge in [-0.1, -0.05) is 12.1 Å². The van der Waals surface area contributed by atoms with Crippen LogP contribution < -0.4 is 10.1 Å². The summed E-state index contributed by atoms with van der Waals surface area (Å²) >= 11 is 0. The summed E-state index contributed by atoms with van der Waals surface area (Å²) in [5, 5.41) is 2.69. The van der Waals surface area contributed by atoms with E-state index in [9.17, 15) is 13.2 Å². The molecular weight excluding hydrogens is 259 g/mol. The van der Waals surface area contributed by atoms with Gasteiger partial charge in [-0.25, -0.2) is 9.97 Å². The number of nitrogens with one attached hydrogen (secondary N) is 1. The second-order valence-corrected chi connectivity index (χ2v) is 3.69. The van der Waals surface area contributed by atoms with E-state index in [1.807, 2.05) is 0 Å². The molecule has 0 unspecified atom stereocenters. The van der Waals surface area contributed by atoms with Crippen molar-refractivity contribution >= 4 is 11.6 Å². The first kappa shape index (κ1) is 13.1. The Morgan fingerprint density at radius 3 is 2.58 bits per heavy atom. The van der Waals surface area contributed by atoms with E-state index in [0.717, 1.165) is 0 Å². The van der Waals surface area contributed by atoms with Crippen molar-refractivity contribution in [2.45, 2.75) is 13.3 Å². The van der Waals surface area contributed by atoms with Gasteiger partial charge in [-0.3, -0.25) is 0 Å². The molecule has 1 heterocycles. The number of para-hydroxylation sites is 2. The fourth-order valence-electron chi connectivity index (χ4n) is 1.41. The second-order valence-electron chi connectivity index (χ2n) is 3.69. The minimum absolute atomic E-state index is 0.144. The molecule has 0 aliphatic rings. The smallest absolute Gasteiger partial charge is 0.404 e. The maximum absolute atomic E-state index is 12.2. The van der Waals surface area contributed by atoms with Crippen molar-refractivity contribution < 1.29 is 17.9 Å². The number of rotatable bonds is 3. The topological polar surface area (TPSA) is 47.0 Å². The quantitative estimate of drug-likeness (QED) is 0.927. The summed E-state index contributed by atoms with van der Waals surface area (Å²) in [4.78, 5) is 7.96. The Hall–Kier alpha value is -2.31. The molecule has 2 aromatic rings. The molecule has 1 aromatic heterocycles. The normalized spacial score (nSPS) is 11.2. The molecule has 0 aliphatic carbocycles. The summed E-state index contributed by atoms with van der Waals surface area (Å²) < 4.78 is 40.6. The number of nitrogens with zero attached hydrogens (tertiary/aromatic N) is 2. The molecule has 0 aliphatic heterocycles. The first-order chi connectivity index (χ1) is 8.94. The van der Waals surface area contributed by atoms with E-state index in [2.05, 4.69) is 20.0 Å². The number of anilines is 2. The summed E-state index contributed by atoms with van der Waals surface area (Å²) in [5.74, 6) is -0.127. The van der Waals surface area contributed by atoms with Crippen LogP contribution in [-0.4, -0.2) is 16.3 Å². The van der Waals surface area contributed by atoms with E-state index in [-0.39, 0.29) is 17.4 Å². The highest BCUT2D eigenvalue weighted by molar-refractivity contribution is 5.62. The highest BCUT2D eigenvalue weighted by atomic mass is 19.4. The molecule has 0 fully saturated rings. The van der Waals surface area contributed by atoms with Gasteiger partial charge in [0.05, 0.1) is 5.69 Å². The van der Waals surface area contributed by atoms with Gasteiger partial charge in [0.25, 0.3) is 0 Å². The van der Waals surface area contributed by atoms with Crippen LogP contribution in [-0.2, 0) is 0 Å². The SMILES string of the molecule is Cc1ccnc(Nc2ccccc2OC(F)(F)F)n1. The molecule has 7 heteroatoms. The monoisotopic (exact) mass is 269 g/mol. The average Bonchev–Trinajstić information content (AvgIpc) is 2.30. The van der Waals surface area contributed by atoms with Gasteiger partial charge in [-0.05, 0) is 25.1 Å². The molecule has 19 heavy (non-hydrogen) atoms. The molecule has 0 bridgehead atoms. The van der Waals surface area contributed by atoms with Crippen LogP contribution in [0.5, 0.6) is 5.75 Å². The van der Waals surface area contributed by atoms with Crippen LogP contribution in [0.25, 0.3) is 0 Å². The predicted octanol–water partition coefficient (Wildman–Crippen LogP) is 3.43. The van der Waals surface area contributed by atoms with Crippen molar-refractivity contribution in [3.8, 4) is 5.75 Å². The molecular formula is C12H10F3N3O. The lowest BCUT2D eigenvalue weighted by Gasteiger charge is -2.13. The molecule has 0 radical (unpaired) electrons. The molecule has 0 atom stereocenters. The van der Waals surface area contributed by atoms with Gasteiger partial charge in [0.1, 0.15) is 0 Å². The average molecular weight is 269 g/mol. The van der Waals surface area contributed by atoms with Gasteiger partial charge < -0.3 is 10.1 Å². The minimum atomic E-state index is -4.74. The van der Waals surface area contributed by atoms with E-state index in [0.29, 0.717) is 5.69 Å². The van der Waals surface area contributed by atoms with Crippen LogP contribution in [0.15, 0.2) is 36.5 Å². The first-order valence-corrected chi connectivity index (χ1v) is 5.35. The van der Waals surface area contributed by atoms with Crippen LogP contribution in [0.2, 0.25) is 0 Å². The maximum atomic E-state index is 12.2. The van der Waals surface area contributed by atoms with Crippen LogP contribution in [0, 0.1) is 6.92 Å². The van der Waals surface area contributed by atoms with Crippen LogP contribution in [0.4, 0.5) is 24.8 Å². The highest BCUT2D eigenvalue weighted by Gasteiger charge is 2.32. The second kappa shape index (κ2) is 5.13. The zero-order valence-electron chi connectivity index (χ0n) is 9.90. The Labute approximate surface area is 107 Å². The van der Waals surface area contributed by atoms with Gasteiger partial charge in [-0.15, -0.1) is 13.2 Å². The van der Waals surface area contributed by atoms with Gasteiger partial charge >= 0.3 is 6.36 Å². The zero-order chi connectivity index (χ0) is 13.9. The summed E-state index contributed by atoms with van der Waals surface area (Å²) in [5.41, 5.74) is 0.845. The lowest BCUT2D eigenvalue weighted by atomic mass is 10.3. The number of hydrogen-bond acceptors (Lipinski definition) is 4. The van der Waals surface area contributed by atoms with Crippen molar-refractivity contribution in [1.29, 1.82) is 0 Å². The van der Waals surface area contributed by atoms with E-state index in [1.165, 1.54) is 24.4 Å². The fraction of sp³-hybridized carbons (Fsp3) is 0.167. The van der Waals surface area contributed by atoms with Crippen molar-refractivity contribution in [3.63, 3.8) is 0 Å². The fourth-order valence-corrected chi connectivity index (χ4v) is 1.41. The first-order valence-electron chi connectivity index (χ1n) is 5.35. The Morgan fingerprint density at radius 2 is 1.89 bits per heavy atom. The number of aryl methyl sites for hydroxylation is 1. The van der Waals surface area contributed by atoms with Crippen molar-refractivity contribution in [1.82, 2.24) is 9.97 Å². The van der Waals surface area contributed by atoms with Gasteiger partial charge in [0, 0.05) is 11.9 Å². The molecule has 4 nitrogen and oxygen atoms in total. The summed E-state index contributed by atoms with van der Waals surface area (Å²) in [6.07, 6.45) is -3.23. The number of hydrogen-bond donors (Lipinski definition) is 1. The van der Waals surface area contributed by atoms with E-state index in [1.54, 1.807) is 19.1 Å². The number of halogens is 3. The maximum Gasteiger partial charge on any atom is 0.573 e. The van der Waals surface area contributed by atoms with E-state index >= 15 is 0 Å². The van der Waals surface area contributed by atoms with Gasteiger partial charge in [0.15, 0.2) is 5.75 Å². The minimum Gasteiger partial charge on any atom is -0.404 e. The Kier molecular flexibility index (Phi) is 3.55. The zero-order valence-corrected chi connectivity index (χ0v) is 9.90. The Bertz CT molecular complexity index is 572. The third-order valence-electron chi connectivity index (χ3n) is 2.15. The Balaban J connectivity index is 2.25. The van der Waals surface area contributed by atoms with Crippen LogP contribution in [0.3, 0.4) is 0 Å². The lowest BCUT2D eigenvalue weighted by molar-refractivity contribution is -0.274. The van der Waals surface area contributed by atoms with Crippen molar-refractivity contribution in [2.75, 3.05) is 5.32 Å². The molecule has 0 saturated carbocycles. The summed E-state index contributed by atoms with van der Waals surface area (Å²) in [7, 11) is 0. The van der Waals surface area contributed by atoms with E-state index < -0.39 is 6.36 Å². The number of alkyl halides is 3. The lowest BCUT2D eigenvalue weighted by Crippen LogP contribution is -2.18. The van der Waals surface area contributed by atoms with Crippen LogP contribution >= 0.6 is 0 Å². The molecule has 0 amide bonds. The molecule has 100 valence electrons. The highest BCUT2D eigenvalue weighted by Crippen LogP contribution is 2.31. The van der Waals surface area contributed by atoms with Crippen LogP contribution in [0.1, 0.15) is 5.69 Å². The largest absolute Gasteiger partial charge is 0.573 e. The van der Waals surface area contributed by atoms with Gasteiger partial charge in [-0.2, -0.15) is 0 Å². The van der Waals surface area contributed by atoms with Crippen molar-refractivity contribution in [3.05, 3.63) is 42.2 Å². The standard InChI is InChI=1S/C12H10F3N3O/c1-8-6-7-16-11(17-8)18-9-4-2-3-5-10(9)19-12(13,14)15/h2-7H,1H3,(H,16,17,18). The molecule has 1 aromatic carbocycles. The molecule has 2 rings (SSSR count). The number of ether oxygens (including phenoxy) is 1. The summed E-state index contributed by atoms with van der Waals surface area (Å²) in [6.45, 7) is 1.75. The van der Waals surface area contributed by atoms with Crippen molar-refractivity contribution in [2.24, 2.45) is 0 Å². The third-order valence-corrected chi connectivity index (χ3v) is 2.15. The van der Waals surface area contributed by atoms with Gasteiger partial charge in [0.2, 0.25) is 5.95 Å². The third kappa shape index (κ3) is 3.84. The Morgan fingerprint density at radius 1 is 1.16 bits per heavy atom. The van der Waals surface area contributed by atoms with E-state index in [4.69, 9.17) is 0 Å². The molecule has 0 spiro atoms. The predicted molar refractivity (Wildman–Crippen MR) is 63.2 cm³/mol. The molecule has 1 N–H and O–H groups in total. The number of aromatic nitrogens is 2.